The zero-order valence-electron chi connectivity index (χ0n) is 12.9. The lowest BCUT2D eigenvalue weighted by atomic mass is 10.1. The van der Waals surface area contributed by atoms with Gasteiger partial charge in [-0.2, -0.15) is 0 Å². The van der Waals surface area contributed by atoms with Crippen molar-refractivity contribution in [3.8, 4) is 0 Å². The lowest BCUT2D eigenvalue weighted by Crippen LogP contribution is -2.04. The molecular weight excluding hydrogens is 247 g/mol. The number of rotatable bonds is 11. The fourth-order valence-corrected chi connectivity index (χ4v) is 3.75. The van der Waals surface area contributed by atoms with Gasteiger partial charge in [0.2, 0.25) is 0 Å². The molecule has 0 saturated heterocycles. The Hall–Kier alpha value is -0.350. The van der Waals surface area contributed by atoms with Crippen molar-refractivity contribution in [2.24, 2.45) is 0 Å². The Morgan fingerprint density at radius 3 is 2.26 bits per heavy atom. The van der Waals surface area contributed by atoms with Crippen LogP contribution in [0.2, 0.25) is 0 Å². The molecule has 0 fully saturated rings. The smallest absolute Gasteiger partial charge is 0.0240 e. The van der Waals surface area contributed by atoms with Crippen LogP contribution in [0.25, 0.3) is 0 Å². The fraction of sp³-hybridized carbons (Fsp3) is 0.667. The topological polar surface area (TPSA) is 0 Å². The van der Waals surface area contributed by atoms with Crippen molar-refractivity contribution in [3.05, 3.63) is 29.8 Å². The minimum atomic E-state index is 1.03. The van der Waals surface area contributed by atoms with E-state index in [9.17, 15) is 0 Å². The molecule has 0 N–H and O–H groups in total. The van der Waals surface area contributed by atoms with Crippen LogP contribution in [0.15, 0.2) is 24.3 Å². The second-order valence-corrected chi connectivity index (χ2v) is 6.85. The molecule has 19 heavy (non-hydrogen) atoms. The summed E-state index contributed by atoms with van der Waals surface area (Å²) in [7, 11) is 1.03. The Kier molecular flexibility index (Phi) is 10.1. The summed E-state index contributed by atoms with van der Waals surface area (Å²) < 4.78 is 0. The van der Waals surface area contributed by atoms with E-state index in [1.165, 1.54) is 63.9 Å². The first-order chi connectivity index (χ1) is 9.38. The molecule has 1 aromatic carbocycles. The van der Waals surface area contributed by atoms with Gasteiger partial charge in [-0.1, -0.05) is 85.2 Å². The van der Waals surface area contributed by atoms with E-state index in [1.54, 1.807) is 10.9 Å². The van der Waals surface area contributed by atoms with E-state index in [2.05, 4.69) is 38.1 Å². The molecule has 0 aromatic heterocycles. The first-order valence-electron chi connectivity index (χ1n) is 8.20. The van der Waals surface area contributed by atoms with Gasteiger partial charge in [-0.3, -0.25) is 0 Å². The molecule has 1 unspecified atom stereocenters. The standard InChI is InChI=1S/C18H31P/c1-3-5-7-8-9-12-16-19-18-15-11-10-14-17(18)13-6-4-2/h10-11,14-15,19H,3-9,12-13,16H2,1-2H3. The van der Waals surface area contributed by atoms with Crippen molar-refractivity contribution in [2.75, 3.05) is 6.16 Å². The summed E-state index contributed by atoms with van der Waals surface area (Å²) in [5, 5.41) is 1.63. The third-order valence-corrected chi connectivity index (χ3v) is 5.14. The summed E-state index contributed by atoms with van der Waals surface area (Å²) in [5.41, 5.74) is 1.61. The normalized spacial score (nSPS) is 11.5. The van der Waals surface area contributed by atoms with Gasteiger partial charge in [0.25, 0.3) is 0 Å². The molecular formula is C18H31P. The highest BCUT2D eigenvalue weighted by atomic mass is 31.1. The highest BCUT2D eigenvalue weighted by molar-refractivity contribution is 7.47. The first-order valence-corrected chi connectivity index (χ1v) is 9.41. The summed E-state index contributed by atoms with van der Waals surface area (Å²) in [5.74, 6) is 0. The maximum atomic E-state index is 2.35. The molecule has 0 aliphatic heterocycles. The van der Waals surface area contributed by atoms with E-state index < -0.39 is 0 Å². The van der Waals surface area contributed by atoms with E-state index in [1.807, 2.05) is 0 Å². The highest BCUT2D eigenvalue weighted by Crippen LogP contribution is 2.18. The summed E-state index contributed by atoms with van der Waals surface area (Å²) in [6.07, 6.45) is 13.8. The Balaban J connectivity index is 2.21. The Morgan fingerprint density at radius 2 is 1.47 bits per heavy atom. The molecule has 1 aromatic rings. The molecule has 0 saturated carbocycles. The molecule has 0 aliphatic rings. The van der Waals surface area contributed by atoms with Gasteiger partial charge in [0.15, 0.2) is 0 Å². The van der Waals surface area contributed by atoms with Gasteiger partial charge in [-0.25, -0.2) is 0 Å². The minimum Gasteiger partial charge on any atom is -0.0901 e. The summed E-state index contributed by atoms with van der Waals surface area (Å²) in [6.45, 7) is 4.57. The molecule has 108 valence electrons. The van der Waals surface area contributed by atoms with Crippen LogP contribution in [0.1, 0.15) is 70.8 Å². The number of hydrogen-bond donors (Lipinski definition) is 0. The van der Waals surface area contributed by atoms with Crippen LogP contribution in [0.5, 0.6) is 0 Å². The number of unbranched alkanes of at least 4 members (excludes halogenated alkanes) is 6. The molecule has 0 nitrogen and oxygen atoms in total. The Bertz CT molecular complexity index is 319. The Labute approximate surface area is 122 Å². The van der Waals surface area contributed by atoms with Crippen LogP contribution in [-0.4, -0.2) is 6.16 Å². The first kappa shape index (κ1) is 16.7. The second-order valence-electron chi connectivity index (χ2n) is 5.46. The van der Waals surface area contributed by atoms with Gasteiger partial charge in [0, 0.05) is 0 Å². The molecule has 0 spiro atoms. The molecule has 0 amide bonds. The van der Waals surface area contributed by atoms with E-state index in [4.69, 9.17) is 0 Å². The predicted octanol–water partition coefficient (Wildman–Crippen LogP) is 5.69. The highest BCUT2D eigenvalue weighted by Gasteiger charge is 2.01. The zero-order valence-corrected chi connectivity index (χ0v) is 13.9. The van der Waals surface area contributed by atoms with Crippen molar-refractivity contribution >= 4 is 13.9 Å². The van der Waals surface area contributed by atoms with Crippen LogP contribution >= 0.6 is 8.58 Å². The van der Waals surface area contributed by atoms with E-state index in [0.717, 1.165) is 8.58 Å². The van der Waals surface area contributed by atoms with Gasteiger partial charge >= 0.3 is 0 Å². The number of hydrogen-bond acceptors (Lipinski definition) is 0. The SMILES string of the molecule is CCCCCCCCPc1ccccc1CCCC. The second kappa shape index (κ2) is 11.5. The molecule has 0 radical (unpaired) electrons. The lowest BCUT2D eigenvalue weighted by Gasteiger charge is -2.09. The quantitative estimate of drug-likeness (QED) is 0.360. The predicted molar refractivity (Wildman–Crippen MR) is 91.2 cm³/mol. The van der Waals surface area contributed by atoms with Gasteiger partial charge in [0.1, 0.15) is 0 Å². The molecule has 0 heterocycles. The summed E-state index contributed by atoms with van der Waals surface area (Å²) in [4.78, 5) is 0. The number of benzene rings is 1. The van der Waals surface area contributed by atoms with Gasteiger partial charge in [0.05, 0.1) is 0 Å². The minimum absolute atomic E-state index is 1.03. The van der Waals surface area contributed by atoms with Gasteiger partial charge in [-0.15, -0.1) is 0 Å². The van der Waals surface area contributed by atoms with Gasteiger partial charge in [-0.05, 0) is 36.3 Å². The monoisotopic (exact) mass is 278 g/mol. The molecule has 0 aliphatic carbocycles. The van der Waals surface area contributed by atoms with Crippen molar-refractivity contribution in [2.45, 2.75) is 71.6 Å². The molecule has 1 atom stereocenters. The van der Waals surface area contributed by atoms with Crippen LogP contribution in [0, 0.1) is 0 Å². The van der Waals surface area contributed by atoms with Crippen LogP contribution in [-0.2, 0) is 6.42 Å². The fourth-order valence-electron chi connectivity index (χ4n) is 2.41. The van der Waals surface area contributed by atoms with E-state index >= 15 is 0 Å². The average molecular weight is 278 g/mol. The third kappa shape index (κ3) is 7.73. The van der Waals surface area contributed by atoms with Crippen LogP contribution < -0.4 is 5.30 Å². The largest absolute Gasteiger partial charge is 0.0901 e. The Morgan fingerprint density at radius 1 is 0.789 bits per heavy atom. The number of aryl methyl sites for hydroxylation is 1. The molecule has 1 heteroatoms. The maximum absolute atomic E-state index is 2.35. The van der Waals surface area contributed by atoms with Crippen LogP contribution in [0.3, 0.4) is 0 Å². The van der Waals surface area contributed by atoms with Crippen molar-refractivity contribution in [1.82, 2.24) is 0 Å². The van der Waals surface area contributed by atoms with Crippen molar-refractivity contribution in [3.63, 3.8) is 0 Å². The lowest BCUT2D eigenvalue weighted by molar-refractivity contribution is 0.626. The van der Waals surface area contributed by atoms with E-state index in [0.29, 0.717) is 0 Å². The third-order valence-electron chi connectivity index (χ3n) is 3.66. The van der Waals surface area contributed by atoms with E-state index in [-0.39, 0.29) is 0 Å². The van der Waals surface area contributed by atoms with Crippen LogP contribution in [0.4, 0.5) is 0 Å². The average Bonchev–Trinajstić information content (AvgIpc) is 2.45. The van der Waals surface area contributed by atoms with Crippen molar-refractivity contribution in [1.29, 1.82) is 0 Å². The molecule has 0 bridgehead atoms. The van der Waals surface area contributed by atoms with Gasteiger partial charge < -0.3 is 0 Å². The summed E-state index contributed by atoms with van der Waals surface area (Å²) in [6, 6.07) is 9.09. The van der Waals surface area contributed by atoms with Crippen molar-refractivity contribution < 1.29 is 0 Å². The maximum Gasteiger partial charge on any atom is -0.0240 e. The summed E-state index contributed by atoms with van der Waals surface area (Å²) >= 11 is 0. The molecule has 1 rings (SSSR count). The zero-order chi connectivity index (χ0) is 13.8.